The van der Waals surface area contributed by atoms with Gasteiger partial charge in [0.1, 0.15) is 24.5 Å². The van der Waals surface area contributed by atoms with E-state index in [2.05, 4.69) is 41.1 Å². The maximum absolute atomic E-state index is 6.22. The van der Waals surface area contributed by atoms with E-state index in [1.807, 2.05) is 48.5 Å². The minimum Gasteiger partial charge on any atom is -0.481 e. The second kappa shape index (κ2) is 7.86. The summed E-state index contributed by atoms with van der Waals surface area (Å²) in [6.07, 6.45) is 2.07. The average Bonchev–Trinajstić information content (AvgIpc) is 2.95. The highest BCUT2D eigenvalue weighted by Gasteiger charge is 2.24. The first-order chi connectivity index (χ1) is 13.5. The van der Waals surface area contributed by atoms with E-state index >= 15 is 0 Å². The number of aromatic nitrogens is 2. The third-order valence-corrected chi connectivity index (χ3v) is 5.78. The van der Waals surface area contributed by atoms with Crippen LogP contribution in [0.2, 0.25) is 10.0 Å². The lowest BCUT2D eigenvalue weighted by molar-refractivity contribution is -0.519. The molecular formula is C23H21Cl2N2O+. The zero-order chi connectivity index (χ0) is 19.7. The Labute approximate surface area is 174 Å². The van der Waals surface area contributed by atoms with Gasteiger partial charge in [-0.05, 0) is 35.4 Å². The molecule has 0 aliphatic heterocycles. The maximum atomic E-state index is 6.22. The second-order valence-electron chi connectivity index (χ2n) is 6.85. The Morgan fingerprint density at radius 2 is 1.68 bits per heavy atom. The van der Waals surface area contributed by atoms with Gasteiger partial charge in [0.15, 0.2) is 0 Å². The molecule has 2 aromatic carbocycles. The fourth-order valence-corrected chi connectivity index (χ4v) is 3.73. The summed E-state index contributed by atoms with van der Waals surface area (Å²) in [4.78, 5) is 0. The lowest BCUT2D eigenvalue weighted by atomic mass is 10.2. The predicted molar refractivity (Wildman–Crippen MR) is 113 cm³/mol. The Bertz CT molecular complexity index is 1140. The molecule has 0 atom stereocenters. The molecule has 142 valence electrons. The van der Waals surface area contributed by atoms with Crippen LogP contribution in [0.1, 0.15) is 22.5 Å². The molecule has 0 N–H and O–H groups in total. The molecule has 0 unspecified atom stereocenters. The summed E-state index contributed by atoms with van der Waals surface area (Å²) in [5.74, 6) is 0.850. The predicted octanol–water partition coefficient (Wildman–Crippen LogP) is 5.78. The van der Waals surface area contributed by atoms with Gasteiger partial charge in [0.05, 0.1) is 16.2 Å². The molecule has 0 saturated heterocycles. The van der Waals surface area contributed by atoms with Crippen molar-refractivity contribution in [3.05, 3.63) is 99.4 Å². The number of pyridine rings is 1. The van der Waals surface area contributed by atoms with Crippen LogP contribution >= 0.6 is 23.2 Å². The summed E-state index contributed by atoms with van der Waals surface area (Å²) >= 11 is 12.3. The molecular weight excluding hydrogens is 391 g/mol. The number of fused-ring (bicyclic) bond motifs is 1. The van der Waals surface area contributed by atoms with E-state index in [0.29, 0.717) is 23.2 Å². The molecule has 2 heterocycles. The number of ether oxygens (including phenoxy) is 1. The second-order valence-corrected chi connectivity index (χ2v) is 7.66. The monoisotopic (exact) mass is 411 g/mol. The van der Waals surface area contributed by atoms with E-state index in [4.69, 9.17) is 27.9 Å². The van der Waals surface area contributed by atoms with Gasteiger partial charge in [0.2, 0.25) is 5.75 Å². The van der Waals surface area contributed by atoms with Crippen LogP contribution in [-0.4, -0.2) is 4.57 Å². The zero-order valence-corrected chi connectivity index (χ0v) is 17.3. The van der Waals surface area contributed by atoms with Crippen molar-refractivity contribution in [1.82, 2.24) is 4.57 Å². The summed E-state index contributed by atoms with van der Waals surface area (Å²) in [6, 6.07) is 20.0. The molecule has 0 spiro atoms. The van der Waals surface area contributed by atoms with Crippen molar-refractivity contribution in [2.24, 2.45) is 0 Å². The number of rotatable bonds is 5. The van der Waals surface area contributed by atoms with Crippen molar-refractivity contribution in [2.75, 3.05) is 0 Å². The molecule has 2 aromatic heterocycles. The van der Waals surface area contributed by atoms with Crippen LogP contribution in [0.15, 0.2) is 66.9 Å². The van der Waals surface area contributed by atoms with Gasteiger partial charge >= 0.3 is 5.65 Å². The van der Waals surface area contributed by atoms with Gasteiger partial charge in [-0.3, -0.25) is 0 Å². The van der Waals surface area contributed by atoms with Crippen molar-refractivity contribution in [3.63, 3.8) is 0 Å². The van der Waals surface area contributed by atoms with Gasteiger partial charge in [-0.2, -0.15) is 4.40 Å². The minimum atomic E-state index is 0.524. The fraction of sp³-hybridized carbons (Fsp3) is 0.174. The Morgan fingerprint density at radius 3 is 2.43 bits per heavy atom. The van der Waals surface area contributed by atoms with E-state index in [-0.39, 0.29) is 0 Å². The summed E-state index contributed by atoms with van der Waals surface area (Å²) in [5, 5.41) is 1.13. The number of hydrogen-bond donors (Lipinski definition) is 0. The molecule has 5 heteroatoms. The Morgan fingerprint density at radius 1 is 0.893 bits per heavy atom. The standard InChI is InChI=1S/C23H21Cl2N2O/c1-16-17(2)27(14-19-10-11-20(24)21(25)13-19)23-22(9-6-12-26(16)23)28-15-18-7-4-3-5-8-18/h3-13H,14-15H2,1-2H3/q+1. The highest BCUT2D eigenvalue weighted by Crippen LogP contribution is 2.26. The van der Waals surface area contributed by atoms with Gasteiger partial charge in [0.25, 0.3) is 0 Å². The van der Waals surface area contributed by atoms with Crippen LogP contribution in [0.4, 0.5) is 0 Å². The quantitative estimate of drug-likeness (QED) is 0.380. The highest BCUT2D eigenvalue weighted by atomic mass is 35.5. The molecule has 4 aromatic rings. The van der Waals surface area contributed by atoms with Crippen LogP contribution in [0.5, 0.6) is 5.75 Å². The average molecular weight is 412 g/mol. The van der Waals surface area contributed by atoms with Crippen molar-refractivity contribution in [1.29, 1.82) is 0 Å². The van der Waals surface area contributed by atoms with Crippen molar-refractivity contribution in [2.45, 2.75) is 27.0 Å². The van der Waals surface area contributed by atoms with Gasteiger partial charge in [-0.25, -0.2) is 4.57 Å². The van der Waals surface area contributed by atoms with Gasteiger partial charge < -0.3 is 4.74 Å². The van der Waals surface area contributed by atoms with Crippen LogP contribution < -0.4 is 9.14 Å². The molecule has 0 radical (unpaired) electrons. The van der Waals surface area contributed by atoms with Crippen LogP contribution in [-0.2, 0) is 13.2 Å². The Hall–Kier alpha value is -2.49. The minimum absolute atomic E-state index is 0.524. The number of imidazole rings is 1. The number of halogens is 2. The van der Waals surface area contributed by atoms with E-state index in [0.717, 1.165) is 22.5 Å². The molecule has 0 aliphatic carbocycles. The topological polar surface area (TPSA) is 18.3 Å². The van der Waals surface area contributed by atoms with Gasteiger partial charge in [-0.1, -0.05) is 59.6 Å². The zero-order valence-electron chi connectivity index (χ0n) is 15.8. The maximum Gasteiger partial charge on any atom is 0.329 e. The van der Waals surface area contributed by atoms with E-state index in [1.54, 1.807) is 0 Å². The third kappa shape index (κ3) is 3.60. The summed E-state index contributed by atoms with van der Waals surface area (Å²) < 4.78 is 10.6. The molecule has 0 aliphatic rings. The largest absolute Gasteiger partial charge is 0.481 e. The lowest BCUT2D eigenvalue weighted by Crippen LogP contribution is -2.23. The van der Waals surface area contributed by atoms with Gasteiger partial charge in [0, 0.05) is 13.8 Å². The summed E-state index contributed by atoms with van der Waals surface area (Å²) in [7, 11) is 0. The van der Waals surface area contributed by atoms with Crippen molar-refractivity contribution in [3.8, 4) is 5.75 Å². The first-order valence-electron chi connectivity index (χ1n) is 9.15. The molecule has 3 nitrogen and oxygen atoms in total. The molecule has 0 bridgehead atoms. The van der Waals surface area contributed by atoms with Crippen molar-refractivity contribution >= 4 is 28.8 Å². The third-order valence-electron chi connectivity index (χ3n) is 5.04. The normalized spacial score (nSPS) is 11.1. The lowest BCUT2D eigenvalue weighted by Gasteiger charge is -2.08. The van der Waals surface area contributed by atoms with Crippen LogP contribution in [0, 0.1) is 13.8 Å². The van der Waals surface area contributed by atoms with Crippen LogP contribution in [0.3, 0.4) is 0 Å². The first-order valence-corrected chi connectivity index (χ1v) is 9.91. The molecule has 0 fully saturated rings. The first kappa shape index (κ1) is 18.9. The molecule has 0 saturated carbocycles. The number of hydrogen-bond acceptors (Lipinski definition) is 1. The molecule has 4 rings (SSSR count). The van der Waals surface area contributed by atoms with Gasteiger partial charge in [-0.15, -0.1) is 0 Å². The number of benzene rings is 2. The highest BCUT2D eigenvalue weighted by molar-refractivity contribution is 6.42. The summed E-state index contributed by atoms with van der Waals surface area (Å²) in [5.41, 5.74) is 5.62. The fourth-order valence-electron chi connectivity index (χ4n) is 3.40. The van der Waals surface area contributed by atoms with E-state index in [9.17, 15) is 0 Å². The number of nitrogens with zero attached hydrogens (tertiary/aromatic N) is 2. The Kier molecular flexibility index (Phi) is 5.29. The molecule has 28 heavy (non-hydrogen) atoms. The Balaban J connectivity index is 1.75. The van der Waals surface area contributed by atoms with E-state index < -0.39 is 0 Å². The van der Waals surface area contributed by atoms with Crippen molar-refractivity contribution < 1.29 is 9.14 Å². The number of aryl methyl sites for hydroxylation is 1. The summed E-state index contributed by atoms with van der Waals surface area (Å²) in [6.45, 7) is 5.46. The molecule has 0 amide bonds. The van der Waals surface area contributed by atoms with E-state index in [1.165, 1.54) is 11.4 Å². The smallest absolute Gasteiger partial charge is 0.329 e. The SMILES string of the molecule is Cc1c(C)[n+]2cccc(OCc3ccccc3)c2n1Cc1ccc(Cl)c(Cl)c1. The van der Waals surface area contributed by atoms with Crippen LogP contribution in [0.25, 0.3) is 5.65 Å².